The van der Waals surface area contributed by atoms with Crippen LogP contribution in [0.2, 0.25) is 0 Å². The lowest BCUT2D eigenvalue weighted by Gasteiger charge is -2.40. The first kappa shape index (κ1) is 63.9. The van der Waals surface area contributed by atoms with E-state index in [1.54, 1.807) is 0 Å². The van der Waals surface area contributed by atoms with Gasteiger partial charge in [-0.1, -0.05) is 264 Å². The average molecular weight is 953 g/mol. The number of hydrogen-bond donors (Lipinski definition) is 6. The minimum atomic E-state index is -1.55. The maximum Gasteiger partial charge on any atom is 0.220 e. The number of unbranched alkanes of at least 4 members (excludes halogenated alkanes) is 39. The second-order valence-corrected chi connectivity index (χ2v) is 20.8. The zero-order chi connectivity index (χ0) is 48.7. The largest absolute Gasteiger partial charge is 0.394 e. The Hall–Kier alpha value is -1.07. The summed E-state index contributed by atoms with van der Waals surface area (Å²) in [6.07, 6.45) is 52.7. The number of aliphatic hydroxyl groups excluding tert-OH is 5. The lowest BCUT2D eigenvalue weighted by atomic mass is 9.99. The molecule has 1 rings (SSSR count). The maximum atomic E-state index is 13.0. The third-order valence-electron chi connectivity index (χ3n) is 14.4. The van der Waals surface area contributed by atoms with E-state index >= 15 is 0 Å². The molecule has 67 heavy (non-hydrogen) atoms. The Morgan fingerprint density at radius 3 is 1.24 bits per heavy atom. The van der Waals surface area contributed by atoms with E-state index in [-0.39, 0.29) is 12.5 Å². The van der Waals surface area contributed by atoms with Crippen LogP contribution >= 0.6 is 0 Å². The number of allylic oxidation sites excluding steroid dienone is 2. The Morgan fingerprint density at radius 1 is 0.493 bits per heavy atom. The molecule has 0 bridgehead atoms. The highest BCUT2D eigenvalue weighted by Gasteiger charge is 2.44. The summed E-state index contributed by atoms with van der Waals surface area (Å²) in [4.78, 5) is 13.0. The number of aliphatic hydroxyl groups is 5. The van der Waals surface area contributed by atoms with Crippen LogP contribution in [0.25, 0.3) is 0 Å². The Morgan fingerprint density at radius 2 is 0.836 bits per heavy atom. The number of ether oxygens (including phenoxy) is 2. The number of carbonyl (C=O) groups excluding carboxylic acids is 1. The van der Waals surface area contributed by atoms with E-state index in [1.165, 1.54) is 218 Å². The molecule has 9 nitrogen and oxygen atoms in total. The van der Waals surface area contributed by atoms with Gasteiger partial charge in [-0.25, -0.2) is 0 Å². The summed E-state index contributed by atoms with van der Waals surface area (Å²) in [5.41, 5.74) is 0. The van der Waals surface area contributed by atoms with Gasteiger partial charge < -0.3 is 40.3 Å². The minimum absolute atomic E-state index is 0.138. The smallest absolute Gasteiger partial charge is 0.220 e. The number of nitrogens with one attached hydrogen (secondary N) is 1. The van der Waals surface area contributed by atoms with E-state index in [9.17, 15) is 30.3 Å². The summed E-state index contributed by atoms with van der Waals surface area (Å²) in [6.45, 7) is 3.83. The van der Waals surface area contributed by atoms with Crippen LogP contribution in [0.3, 0.4) is 0 Å². The molecule has 0 aromatic rings. The predicted octanol–water partition coefficient (Wildman–Crippen LogP) is 14.4. The molecule has 7 unspecified atom stereocenters. The van der Waals surface area contributed by atoms with Crippen LogP contribution in [0.5, 0.6) is 0 Å². The van der Waals surface area contributed by atoms with Crippen molar-refractivity contribution >= 4 is 5.91 Å². The molecular formula is C58H113NO8. The van der Waals surface area contributed by atoms with E-state index in [0.717, 1.165) is 51.4 Å². The van der Waals surface area contributed by atoms with Gasteiger partial charge in [0.05, 0.1) is 25.4 Å². The first-order chi connectivity index (χ1) is 32.8. The van der Waals surface area contributed by atoms with Gasteiger partial charge >= 0.3 is 0 Å². The number of amides is 1. The molecular weight excluding hydrogens is 839 g/mol. The fourth-order valence-corrected chi connectivity index (χ4v) is 9.69. The summed E-state index contributed by atoms with van der Waals surface area (Å²) >= 11 is 0. The average Bonchev–Trinajstić information content (AvgIpc) is 3.33. The Labute approximate surface area is 414 Å². The second kappa shape index (κ2) is 48.6. The van der Waals surface area contributed by atoms with Crippen LogP contribution in [0, 0.1) is 0 Å². The van der Waals surface area contributed by atoms with Gasteiger partial charge in [-0.05, 0) is 38.5 Å². The molecule has 0 aliphatic carbocycles. The fraction of sp³-hybridized carbons (Fsp3) is 0.948. The second-order valence-electron chi connectivity index (χ2n) is 20.8. The van der Waals surface area contributed by atoms with E-state index in [2.05, 4.69) is 31.3 Å². The molecule has 1 fully saturated rings. The van der Waals surface area contributed by atoms with Crippen LogP contribution in [0.15, 0.2) is 12.2 Å². The summed E-state index contributed by atoms with van der Waals surface area (Å²) < 4.78 is 11.3. The van der Waals surface area contributed by atoms with Gasteiger partial charge in [0.1, 0.15) is 24.4 Å². The van der Waals surface area contributed by atoms with Crippen molar-refractivity contribution in [1.29, 1.82) is 0 Å². The lowest BCUT2D eigenvalue weighted by Crippen LogP contribution is -2.60. The third-order valence-corrected chi connectivity index (χ3v) is 14.4. The quantitative estimate of drug-likeness (QED) is 0.0261. The molecule has 9 heteroatoms. The van der Waals surface area contributed by atoms with E-state index < -0.39 is 49.5 Å². The van der Waals surface area contributed by atoms with Crippen LogP contribution in [0.1, 0.15) is 296 Å². The SMILES string of the molecule is CCCCC/C=C\CCCCCCCC(=O)NC(COC1OC(CO)C(O)C(O)C1O)C(O)CCCCCCCCCCCCCCCCCCCCCCCCCCCCCCCCCC. The lowest BCUT2D eigenvalue weighted by molar-refractivity contribution is -0.302. The summed E-state index contributed by atoms with van der Waals surface area (Å²) in [7, 11) is 0. The van der Waals surface area contributed by atoms with Crippen molar-refractivity contribution in [3.05, 3.63) is 12.2 Å². The zero-order valence-electron chi connectivity index (χ0n) is 44.2. The normalized spacial score (nSPS) is 19.7. The molecule has 1 saturated heterocycles. The third kappa shape index (κ3) is 38.3. The van der Waals surface area contributed by atoms with Crippen LogP contribution < -0.4 is 5.32 Å². The van der Waals surface area contributed by atoms with Crippen LogP contribution in [-0.2, 0) is 14.3 Å². The maximum absolute atomic E-state index is 13.0. The highest BCUT2D eigenvalue weighted by Crippen LogP contribution is 2.23. The fourth-order valence-electron chi connectivity index (χ4n) is 9.69. The van der Waals surface area contributed by atoms with Gasteiger partial charge in [0.2, 0.25) is 5.91 Å². The molecule has 0 aromatic carbocycles. The molecule has 398 valence electrons. The Bertz CT molecular complexity index is 1060. The molecule has 1 aliphatic heterocycles. The first-order valence-corrected chi connectivity index (χ1v) is 29.4. The standard InChI is InChI=1S/C58H113NO8/c1-3-5-7-9-11-13-15-17-18-19-20-21-22-23-24-25-26-27-28-29-30-31-32-33-34-35-36-37-39-41-43-45-47-52(61)51(50-66-58-57(65)56(64)55(63)53(49-60)67-58)59-54(62)48-46-44-42-40-38-16-14-12-10-8-6-4-2/h12,14,51-53,55-58,60-61,63-65H,3-11,13,15-50H2,1-2H3,(H,59,62)/b14-12-. The molecule has 1 heterocycles. The topological polar surface area (TPSA) is 149 Å². The predicted molar refractivity (Wildman–Crippen MR) is 281 cm³/mol. The van der Waals surface area contributed by atoms with Crippen LogP contribution in [0.4, 0.5) is 0 Å². The van der Waals surface area contributed by atoms with Gasteiger partial charge in [0.25, 0.3) is 0 Å². The number of hydrogen-bond acceptors (Lipinski definition) is 8. The molecule has 1 aliphatic rings. The van der Waals surface area contributed by atoms with E-state index in [1.807, 2.05) is 0 Å². The van der Waals surface area contributed by atoms with Gasteiger partial charge in [0, 0.05) is 6.42 Å². The molecule has 0 spiro atoms. The highest BCUT2D eigenvalue weighted by atomic mass is 16.7. The zero-order valence-corrected chi connectivity index (χ0v) is 44.2. The van der Waals surface area contributed by atoms with Crippen molar-refractivity contribution in [2.24, 2.45) is 0 Å². The summed E-state index contributed by atoms with van der Waals surface area (Å²) in [5, 5.41) is 54.6. The Balaban J connectivity index is 2.09. The van der Waals surface area contributed by atoms with Crippen molar-refractivity contribution < 1.29 is 39.8 Å². The highest BCUT2D eigenvalue weighted by molar-refractivity contribution is 5.76. The molecule has 6 N–H and O–H groups in total. The van der Waals surface area contributed by atoms with Crippen molar-refractivity contribution in [3.63, 3.8) is 0 Å². The van der Waals surface area contributed by atoms with E-state index in [4.69, 9.17) is 9.47 Å². The first-order valence-electron chi connectivity index (χ1n) is 29.4. The molecule has 0 aromatic heterocycles. The molecule has 7 atom stereocenters. The van der Waals surface area contributed by atoms with Gasteiger partial charge in [-0.2, -0.15) is 0 Å². The monoisotopic (exact) mass is 952 g/mol. The number of rotatable bonds is 51. The van der Waals surface area contributed by atoms with Gasteiger partial charge in [0.15, 0.2) is 6.29 Å². The van der Waals surface area contributed by atoms with Crippen molar-refractivity contribution in [2.45, 2.75) is 339 Å². The van der Waals surface area contributed by atoms with Gasteiger partial charge in [-0.3, -0.25) is 4.79 Å². The Kier molecular flexibility index (Phi) is 46.3. The van der Waals surface area contributed by atoms with Crippen molar-refractivity contribution in [3.8, 4) is 0 Å². The molecule has 0 radical (unpaired) electrons. The molecule has 1 amide bonds. The molecule has 0 saturated carbocycles. The van der Waals surface area contributed by atoms with Crippen molar-refractivity contribution in [2.75, 3.05) is 13.2 Å². The number of carbonyl (C=O) groups is 1. The minimum Gasteiger partial charge on any atom is -0.394 e. The van der Waals surface area contributed by atoms with Crippen LogP contribution in [-0.4, -0.2) is 87.5 Å². The van der Waals surface area contributed by atoms with Crippen molar-refractivity contribution in [1.82, 2.24) is 5.32 Å². The summed E-state index contributed by atoms with van der Waals surface area (Å²) in [5.74, 6) is -0.150. The van der Waals surface area contributed by atoms with E-state index in [0.29, 0.717) is 12.8 Å². The summed E-state index contributed by atoms with van der Waals surface area (Å²) in [6, 6.07) is -0.720. The van der Waals surface area contributed by atoms with Gasteiger partial charge in [-0.15, -0.1) is 0 Å².